The van der Waals surface area contributed by atoms with Crippen molar-refractivity contribution in [2.24, 2.45) is 5.73 Å². The summed E-state index contributed by atoms with van der Waals surface area (Å²) in [4.78, 5) is 0.317. The normalized spacial score (nSPS) is 12.9. The van der Waals surface area contributed by atoms with Crippen molar-refractivity contribution < 1.29 is 8.78 Å². The molecule has 0 fully saturated rings. The standard InChI is InChI=1S/C9H11F2NS/c1-6(12)5-13-9-4-7(10)2-3-8(9)11/h2-4,6H,5,12H2,1H3/t6-/m1/s1. The molecule has 0 radical (unpaired) electrons. The summed E-state index contributed by atoms with van der Waals surface area (Å²) < 4.78 is 25.7. The van der Waals surface area contributed by atoms with Gasteiger partial charge in [0.2, 0.25) is 0 Å². The number of benzene rings is 1. The lowest BCUT2D eigenvalue weighted by molar-refractivity contribution is 0.577. The molecule has 1 rings (SSSR count). The second kappa shape index (κ2) is 4.58. The van der Waals surface area contributed by atoms with E-state index in [9.17, 15) is 8.78 Å². The average Bonchev–Trinajstić information content (AvgIpc) is 2.06. The molecule has 0 aliphatic carbocycles. The Hall–Kier alpha value is -0.610. The van der Waals surface area contributed by atoms with Crippen molar-refractivity contribution in [3.8, 4) is 0 Å². The van der Waals surface area contributed by atoms with Gasteiger partial charge >= 0.3 is 0 Å². The van der Waals surface area contributed by atoms with Gasteiger partial charge in [0.25, 0.3) is 0 Å². The van der Waals surface area contributed by atoms with Gasteiger partial charge in [0.15, 0.2) is 0 Å². The van der Waals surface area contributed by atoms with Crippen LogP contribution in [0.2, 0.25) is 0 Å². The first-order chi connectivity index (χ1) is 6.09. The highest BCUT2D eigenvalue weighted by Gasteiger charge is 2.05. The molecule has 0 saturated heterocycles. The maximum absolute atomic E-state index is 13.0. The number of thioether (sulfide) groups is 1. The third kappa shape index (κ3) is 3.32. The largest absolute Gasteiger partial charge is 0.327 e. The van der Waals surface area contributed by atoms with Crippen LogP contribution in [0.15, 0.2) is 23.1 Å². The highest BCUT2D eigenvalue weighted by Crippen LogP contribution is 2.22. The SMILES string of the molecule is C[C@@H](N)CSc1cc(F)ccc1F. The molecule has 1 atom stereocenters. The molecule has 0 spiro atoms. The van der Waals surface area contributed by atoms with Crippen molar-refractivity contribution in [3.63, 3.8) is 0 Å². The van der Waals surface area contributed by atoms with E-state index in [0.29, 0.717) is 10.6 Å². The van der Waals surface area contributed by atoms with Crippen LogP contribution in [0.3, 0.4) is 0 Å². The maximum Gasteiger partial charge on any atom is 0.136 e. The molecule has 1 aromatic rings. The van der Waals surface area contributed by atoms with Crippen LogP contribution in [0.4, 0.5) is 8.78 Å². The van der Waals surface area contributed by atoms with Gasteiger partial charge in [-0.25, -0.2) is 8.78 Å². The summed E-state index contributed by atoms with van der Waals surface area (Å²) in [6, 6.07) is 3.39. The maximum atomic E-state index is 13.0. The Labute approximate surface area is 80.3 Å². The van der Waals surface area contributed by atoms with Crippen molar-refractivity contribution in [1.82, 2.24) is 0 Å². The van der Waals surface area contributed by atoms with Crippen LogP contribution in [0, 0.1) is 11.6 Å². The first kappa shape index (κ1) is 10.5. The number of hydrogen-bond donors (Lipinski definition) is 1. The van der Waals surface area contributed by atoms with Gasteiger partial charge in [-0.3, -0.25) is 0 Å². The minimum absolute atomic E-state index is 0.0207. The monoisotopic (exact) mass is 203 g/mol. The van der Waals surface area contributed by atoms with E-state index >= 15 is 0 Å². The lowest BCUT2D eigenvalue weighted by atomic mass is 10.3. The van der Waals surface area contributed by atoms with Gasteiger partial charge < -0.3 is 5.73 Å². The molecule has 13 heavy (non-hydrogen) atoms. The topological polar surface area (TPSA) is 26.0 Å². The van der Waals surface area contributed by atoms with Crippen molar-refractivity contribution in [2.45, 2.75) is 17.9 Å². The summed E-state index contributed by atoms with van der Waals surface area (Å²) in [6.45, 7) is 1.82. The Balaban J connectivity index is 2.70. The first-order valence-corrected chi connectivity index (χ1v) is 4.91. The molecular formula is C9H11F2NS. The van der Waals surface area contributed by atoms with E-state index in [1.807, 2.05) is 6.92 Å². The Morgan fingerprint density at radius 2 is 2.15 bits per heavy atom. The van der Waals surface area contributed by atoms with Gasteiger partial charge in [0.1, 0.15) is 11.6 Å². The summed E-state index contributed by atoms with van der Waals surface area (Å²) in [6.07, 6.45) is 0. The fourth-order valence-corrected chi connectivity index (χ4v) is 1.65. The summed E-state index contributed by atoms with van der Waals surface area (Å²) in [7, 11) is 0. The third-order valence-corrected chi connectivity index (χ3v) is 2.71. The van der Waals surface area contributed by atoms with E-state index in [-0.39, 0.29) is 6.04 Å². The van der Waals surface area contributed by atoms with Crippen LogP contribution in [0.5, 0.6) is 0 Å². The quantitative estimate of drug-likeness (QED) is 0.763. The molecule has 0 saturated carbocycles. The molecule has 0 aliphatic heterocycles. The lowest BCUT2D eigenvalue weighted by Crippen LogP contribution is -2.17. The average molecular weight is 203 g/mol. The highest BCUT2D eigenvalue weighted by molar-refractivity contribution is 7.99. The number of nitrogens with two attached hydrogens (primary N) is 1. The second-order valence-electron chi connectivity index (χ2n) is 2.86. The molecule has 0 heterocycles. The fourth-order valence-electron chi connectivity index (χ4n) is 0.809. The van der Waals surface area contributed by atoms with Gasteiger partial charge in [0, 0.05) is 16.7 Å². The van der Waals surface area contributed by atoms with Crippen molar-refractivity contribution in [3.05, 3.63) is 29.8 Å². The van der Waals surface area contributed by atoms with Crippen molar-refractivity contribution in [1.29, 1.82) is 0 Å². The van der Waals surface area contributed by atoms with Gasteiger partial charge in [-0.2, -0.15) is 0 Å². The summed E-state index contributed by atoms with van der Waals surface area (Å²) in [5, 5.41) is 0. The van der Waals surface area contributed by atoms with Crippen LogP contribution in [0.25, 0.3) is 0 Å². The van der Waals surface area contributed by atoms with Crippen LogP contribution in [-0.2, 0) is 0 Å². The number of rotatable bonds is 3. The molecule has 1 nitrogen and oxygen atoms in total. The summed E-state index contributed by atoms with van der Waals surface area (Å²) >= 11 is 1.23. The zero-order valence-electron chi connectivity index (χ0n) is 7.26. The Morgan fingerprint density at radius 3 is 2.77 bits per heavy atom. The molecule has 4 heteroatoms. The van der Waals surface area contributed by atoms with Crippen molar-refractivity contribution >= 4 is 11.8 Å². The van der Waals surface area contributed by atoms with Gasteiger partial charge in [-0.1, -0.05) is 0 Å². The van der Waals surface area contributed by atoms with Gasteiger partial charge in [0.05, 0.1) is 0 Å². The van der Waals surface area contributed by atoms with E-state index in [2.05, 4.69) is 0 Å². The van der Waals surface area contributed by atoms with Crippen LogP contribution in [0.1, 0.15) is 6.92 Å². The summed E-state index contributed by atoms with van der Waals surface area (Å²) in [5.41, 5.74) is 5.49. The first-order valence-electron chi connectivity index (χ1n) is 3.93. The second-order valence-corrected chi connectivity index (χ2v) is 3.92. The van der Waals surface area contributed by atoms with E-state index < -0.39 is 11.6 Å². The Kier molecular flexibility index (Phi) is 3.69. The zero-order chi connectivity index (χ0) is 9.84. The predicted molar refractivity (Wildman–Crippen MR) is 50.7 cm³/mol. The van der Waals surface area contributed by atoms with E-state index in [1.165, 1.54) is 17.8 Å². The zero-order valence-corrected chi connectivity index (χ0v) is 8.07. The molecule has 1 aromatic carbocycles. The number of hydrogen-bond acceptors (Lipinski definition) is 2. The van der Waals surface area contributed by atoms with E-state index in [4.69, 9.17) is 5.73 Å². The smallest absolute Gasteiger partial charge is 0.136 e. The Bertz CT molecular complexity index is 289. The molecule has 0 bridgehead atoms. The Morgan fingerprint density at radius 1 is 1.46 bits per heavy atom. The highest BCUT2D eigenvalue weighted by atomic mass is 32.2. The minimum Gasteiger partial charge on any atom is -0.327 e. The third-order valence-electron chi connectivity index (χ3n) is 1.39. The van der Waals surface area contributed by atoms with Crippen molar-refractivity contribution in [2.75, 3.05) is 5.75 Å². The minimum atomic E-state index is -0.423. The lowest BCUT2D eigenvalue weighted by Gasteiger charge is -2.05. The molecule has 0 aromatic heterocycles. The fraction of sp³-hybridized carbons (Fsp3) is 0.333. The van der Waals surface area contributed by atoms with Crippen LogP contribution in [-0.4, -0.2) is 11.8 Å². The van der Waals surface area contributed by atoms with Gasteiger partial charge in [-0.05, 0) is 25.1 Å². The molecule has 0 amide bonds. The molecule has 72 valence electrons. The van der Waals surface area contributed by atoms with E-state index in [0.717, 1.165) is 12.1 Å². The van der Waals surface area contributed by atoms with Gasteiger partial charge in [-0.15, -0.1) is 11.8 Å². The summed E-state index contributed by atoms with van der Waals surface area (Å²) in [5.74, 6) is -0.235. The molecule has 2 N–H and O–H groups in total. The van der Waals surface area contributed by atoms with E-state index in [1.54, 1.807) is 0 Å². The predicted octanol–water partition coefficient (Wildman–Crippen LogP) is 2.40. The molecule has 0 unspecified atom stereocenters. The molecular weight excluding hydrogens is 192 g/mol. The van der Waals surface area contributed by atoms with Crippen LogP contribution < -0.4 is 5.73 Å². The van der Waals surface area contributed by atoms with Crippen LogP contribution >= 0.6 is 11.8 Å². The molecule has 0 aliphatic rings. The number of halogens is 2.